The summed E-state index contributed by atoms with van der Waals surface area (Å²) in [5, 5.41) is 6.33. The van der Waals surface area contributed by atoms with Gasteiger partial charge in [-0.15, -0.1) is 24.0 Å². The van der Waals surface area contributed by atoms with Gasteiger partial charge in [-0.2, -0.15) is 0 Å². The van der Waals surface area contributed by atoms with E-state index in [4.69, 9.17) is 4.74 Å². The van der Waals surface area contributed by atoms with E-state index in [1.807, 2.05) is 24.3 Å². The van der Waals surface area contributed by atoms with Crippen molar-refractivity contribution in [3.05, 3.63) is 54.4 Å². The molecule has 0 spiro atoms. The third-order valence-corrected chi connectivity index (χ3v) is 5.91. The Morgan fingerprint density at radius 2 is 1.97 bits per heavy atom. The Morgan fingerprint density at radius 1 is 1.17 bits per heavy atom. The maximum Gasteiger partial charge on any atom is 0.242 e. The standard InChI is InChI=1S/C20H27N5O3S.HI/c1-21-20(23-11-12-25-29(26,27)18-6-4-10-22-14-18)24-13-17-5-2-3-7-19(17)28-15-16-8-9-16;/h2-7,10,14,16,25H,8-9,11-13,15H2,1H3,(H2,21,23,24);1H. The predicted octanol–water partition coefficient (Wildman–Crippen LogP) is 2.13. The number of rotatable bonds is 10. The average molecular weight is 545 g/mol. The van der Waals surface area contributed by atoms with Crippen molar-refractivity contribution in [1.82, 2.24) is 20.3 Å². The number of aliphatic imine (C=N–C) groups is 1. The van der Waals surface area contributed by atoms with Gasteiger partial charge in [0.15, 0.2) is 5.96 Å². The highest BCUT2D eigenvalue weighted by molar-refractivity contribution is 14.0. The van der Waals surface area contributed by atoms with Gasteiger partial charge >= 0.3 is 0 Å². The molecule has 30 heavy (non-hydrogen) atoms. The molecule has 8 nitrogen and oxygen atoms in total. The number of hydrogen-bond acceptors (Lipinski definition) is 5. The molecule has 1 aliphatic rings. The van der Waals surface area contributed by atoms with Gasteiger partial charge < -0.3 is 15.4 Å². The number of guanidine groups is 1. The van der Waals surface area contributed by atoms with Crippen LogP contribution in [0.15, 0.2) is 58.7 Å². The van der Waals surface area contributed by atoms with E-state index < -0.39 is 10.0 Å². The molecule has 0 atom stereocenters. The second-order valence-corrected chi connectivity index (χ2v) is 8.57. The number of sulfonamides is 1. The van der Waals surface area contributed by atoms with Crippen molar-refractivity contribution in [2.24, 2.45) is 10.9 Å². The lowest BCUT2D eigenvalue weighted by atomic mass is 10.2. The summed E-state index contributed by atoms with van der Waals surface area (Å²) in [7, 11) is -1.89. The maximum atomic E-state index is 12.2. The van der Waals surface area contributed by atoms with Gasteiger partial charge in [0, 0.05) is 44.6 Å². The van der Waals surface area contributed by atoms with Gasteiger partial charge in [0.05, 0.1) is 6.61 Å². The lowest BCUT2D eigenvalue weighted by Crippen LogP contribution is -2.41. The van der Waals surface area contributed by atoms with Crippen LogP contribution in [0.3, 0.4) is 0 Å². The Hall–Kier alpha value is -1.92. The van der Waals surface area contributed by atoms with E-state index in [0.717, 1.165) is 17.9 Å². The molecule has 1 aromatic heterocycles. The highest BCUT2D eigenvalue weighted by atomic mass is 127. The fourth-order valence-corrected chi connectivity index (χ4v) is 3.63. The van der Waals surface area contributed by atoms with E-state index in [0.29, 0.717) is 25.0 Å². The lowest BCUT2D eigenvalue weighted by Gasteiger charge is -2.15. The highest BCUT2D eigenvalue weighted by Crippen LogP contribution is 2.30. The van der Waals surface area contributed by atoms with Crippen LogP contribution in [0.5, 0.6) is 5.75 Å². The Balaban J connectivity index is 0.00000320. The van der Waals surface area contributed by atoms with E-state index in [2.05, 4.69) is 25.3 Å². The van der Waals surface area contributed by atoms with Gasteiger partial charge in [-0.25, -0.2) is 13.1 Å². The summed E-state index contributed by atoms with van der Waals surface area (Å²) in [5.74, 6) is 2.16. The fraction of sp³-hybridized carbons (Fsp3) is 0.400. The van der Waals surface area contributed by atoms with Crippen LogP contribution < -0.4 is 20.1 Å². The van der Waals surface area contributed by atoms with Crippen LogP contribution >= 0.6 is 24.0 Å². The molecule has 1 aliphatic carbocycles. The molecule has 0 amide bonds. The van der Waals surface area contributed by atoms with Gasteiger partial charge in [0.25, 0.3) is 0 Å². The smallest absolute Gasteiger partial charge is 0.242 e. The molecule has 1 fully saturated rings. The molecular weight excluding hydrogens is 517 g/mol. The van der Waals surface area contributed by atoms with E-state index in [-0.39, 0.29) is 35.4 Å². The summed E-state index contributed by atoms with van der Waals surface area (Å²) < 4.78 is 32.8. The van der Waals surface area contributed by atoms with Gasteiger partial charge in [0.1, 0.15) is 10.6 Å². The first kappa shape index (κ1) is 24.4. The lowest BCUT2D eigenvalue weighted by molar-refractivity contribution is 0.296. The minimum absolute atomic E-state index is 0. The van der Waals surface area contributed by atoms with Crippen molar-refractivity contribution in [3.63, 3.8) is 0 Å². The first-order valence-electron chi connectivity index (χ1n) is 9.63. The van der Waals surface area contributed by atoms with Crippen molar-refractivity contribution in [1.29, 1.82) is 0 Å². The second kappa shape index (κ2) is 12.1. The third-order valence-electron chi connectivity index (χ3n) is 4.47. The minimum Gasteiger partial charge on any atom is -0.493 e. The minimum atomic E-state index is -3.56. The Labute approximate surface area is 195 Å². The zero-order valence-electron chi connectivity index (χ0n) is 16.9. The Bertz CT molecular complexity index is 921. The largest absolute Gasteiger partial charge is 0.493 e. The van der Waals surface area contributed by atoms with Gasteiger partial charge in [0.2, 0.25) is 10.0 Å². The number of nitrogens with one attached hydrogen (secondary N) is 3. The highest BCUT2D eigenvalue weighted by Gasteiger charge is 2.22. The summed E-state index contributed by atoms with van der Waals surface area (Å²) in [6.07, 6.45) is 5.35. The molecule has 0 saturated heterocycles. The summed E-state index contributed by atoms with van der Waals surface area (Å²) in [5.41, 5.74) is 1.05. The number of pyridine rings is 1. The topological polar surface area (TPSA) is 105 Å². The van der Waals surface area contributed by atoms with Gasteiger partial charge in [-0.1, -0.05) is 18.2 Å². The van der Waals surface area contributed by atoms with Crippen LogP contribution in [0, 0.1) is 5.92 Å². The third kappa shape index (κ3) is 7.73. The fourth-order valence-electron chi connectivity index (χ4n) is 2.64. The molecule has 3 rings (SSSR count). The van der Waals surface area contributed by atoms with E-state index in [1.165, 1.54) is 31.3 Å². The molecule has 1 heterocycles. The van der Waals surface area contributed by atoms with Gasteiger partial charge in [-0.3, -0.25) is 9.98 Å². The summed E-state index contributed by atoms with van der Waals surface area (Å²) in [6.45, 7) is 1.93. The molecule has 0 unspecified atom stereocenters. The molecule has 3 N–H and O–H groups in total. The van der Waals surface area contributed by atoms with Crippen LogP contribution in [0.1, 0.15) is 18.4 Å². The molecule has 1 aromatic carbocycles. The maximum absolute atomic E-state index is 12.2. The molecule has 164 valence electrons. The number of ether oxygens (including phenoxy) is 1. The number of benzene rings is 1. The van der Waals surface area contributed by atoms with Crippen molar-refractivity contribution < 1.29 is 13.2 Å². The van der Waals surface area contributed by atoms with Crippen LogP contribution in [-0.4, -0.2) is 46.1 Å². The monoisotopic (exact) mass is 545 g/mol. The van der Waals surface area contributed by atoms with Crippen molar-refractivity contribution >= 4 is 40.0 Å². The zero-order chi connectivity index (χ0) is 20.5. The number of hydrogen-bond donors (Lipinski definition) is 3. The van der Waals surface area contributed by atoms with Crippen LogP contribution in [0.2, 0.25) is 0 Å². The molecule has 0 aliphatic heterocycles. The van der Waals surface area contributed by atoms with E-state index in [9.17, 15) is 8.42 Å². The molecule has 0 radical (unpaired) electrons. The summed E-state index contributed by atoms with van der Waals surface area (Å²) >= 11 is 0. The number of para-hydroxylation sites is 1. The van der Waals surface area contributed by atoms with Crippen LogP contribution in [0.25, 0.3) is 0 Å². The molecule has 1 saturated carbocycles. The first-order valence-corrected chi connectivity index (χ1v) is 11.1. The molecule has 10 heteroatoms. The Kier molecular flexibility index (Phi) is 9.79. The number of nitrogens with zero attached hydrogens (tertiary/aromatic N) is 2. The zero-order valence-corrected chi connectivity index (χ0v) is 20.0. The average Bonchev–Trinajstić information content (AvgIpc) is 3.57. The van der Waals surface area contributed by atoms with Crippen LogP contribution in [-0.2, 0) is 16.6 Å². The normalized spacial score (nSPS) is 14.0. The molecule has 0 bridgehead atoms. The second-order valence-electron chi connectivity index (χ2n) is 6.80. The SMILES string of the molecule is CN=C(NCCNS(=O)(=O)c1cccnc1)NCc1ccccc1OCC1CC1.I. The summed E-state index contributed by atoms with van der Waals surface area (Å²) in [6, 6.07) is 11.0. The molecular formula is C20H28IN5O3S. The van der Waals surface area contributed by atoms with Crippen molar-refractivity contribution in [2.75, 3.05) is 26.7 Å². The van der Waals surface area contributed by atoms with Crippen molar-refractivity contribution in [2.45, 2.75) is 24.3 Å². The number of halogens is 1. The van der Waals surface area contributed by atoms with Crippen LogP contribution in [0.4, 0.5) is 0 Å². The Morgan fingerprint density at radius 3 is 2.67 bits per heavy atom. The number of aromatic nitrogens is 1. The predicted molar refractivity (Wildman–Crippen MR) is 128 cm³/mol. The van der Waals surface area contributed by atoms with E-state index in [1.54, 1.807) is 13.1 Å². The quantitative estimate of drug-likeness (QED) is 0.183. The van der Waals surface area contributed by atoms with Gasteiger partial charge in [-0.05, 0) is 37.0 Å². The summed E-state index contributed by atoms with van der Waals surface area (Å²) in [4.78, 5) is 8.15. The van der Waals surface area contributed by atoms with E-state index >= 15 is 0 Å². The molecule has 2 aromatic rings. The van der Waals surface area contributed by atoms with Crippen molar-refractivity contribution in [3.8, 4) is 5.75 Å². The first-order chi connectivity index (χ1) is 14.1.